The second-order valence-electron chi connectivity index (χ2n) is 6.34. The van der Waals surface area contributed by atoms with Gasteiger partial charge in [0.1, 0.15) is 17.2 Å². The zero-order valence-corrected chi connectivity index (χ0v) is 16.2. The summed E-state index contributed by atoms with van der Waals surface area (Å²) in [5.74, 6) is 0.609. The molecule has 0 aliphatic carbocycles. The van der Waals surface area contributed by atoms with Gasteiger partial charge in [-0.15, -0.1) is 0 Å². The van der Waals surface area contributed by atoms with E-state index in [1.165, 1.54) is 16.6 Å². The van der Waals surface area contributed by atoms with Crippen LogP contribution in [-0.4, -0.2) is 43.7 Å². The fraction of sp³-hybridized carbons (Fsp3) is 0.350. The highest BCUT2D eigenvalue weighted by atomic mass is 32.2. The summed E-state index contributed by atoms with van der Waals surface area (Å²) in [6.07, 6.45) is 4.33. The lowest BCUT2D eigenvalue weighted by Gasteiger charge is -2.26. The van der Waals surface area contributed by atoms with Crippen molar-refractivity contribution in [2.24, 2.45) is 4.99 Å². The molecule has 1 N–H and O–H groups in total. The number of para-hydroxylation sites is 1. The van der Waals surface area contributed by atoms with Gasteiger partial charge in [-0.2, -0.15) is 4.31 Å². The van der Waals surface area contributed by atoms with Crippen molar-refractivity contribution in [3.05, 3.63) is 48.0 Å². The Morgan fingerprint density at radius 2 is 1.89 bits per heavy atom. The molecular weight excluding hydrogens is 364 g/mol. The molecule has 1 fully saturated rings. The van der Waals surface area contributed by atoms with Crippen LogP contribution in [0.15, 0.2) is 52.4 Å². The zero-order chi connectivity index (χ0) is 19.3. The first-order valence-corrected chi connectivity index (χ1v) is 10.6. The van der Waals surface area contributed by atoms with Gasteiger partial charge in [0.15, 0.2) is 0 Å². The van der Waals surface area contributed by atoms with E-state index in [0.717, 1.165) is 19.3 Å². The van der Waals surface area contributed by atoms with Crippen molar-refractivity contribution in [2.45, 2.75) is 31.1 Å². The van der Waals surface area contributed by atoms with Crippen LogP contribution in [0.2, 0.25) is 0 Å². The first-order chi connectivity index (χ1) is 13.0. The summed E-state index contributed by atoms with van der Waals surface area (Å²) >= 11 is 0. The lowest BCUT2D eigenvalue weighted by atomic mass is 10.2. The maximum atomic E-state index is 12.9. The molecule has 0 spiro atoms. The van der Waals surface area contributed by atoms with Gasteiger partial charge in [0, 0.05) is 24.9 Å². The highest BCUT2D eigenvalue weighted by Gasteiger charge is 2.26. The van der Waals surface area contributed by atoms with Gasteiger partial charge in [0.05, 0.1) is 11.5 Å². The molecule has 6 nitrogen and oxygen atoms in total. The van der Waals surface area contributed by atoms with Crippen LogP contribution >= 0.6 is 0 Å². The molecule has 7 heteroatoms. The topological polar surface area (TPSA) is 79.2 Å². The second kappa shape index (κ2) is 8.54. The zero-order valence-electron chi connectivity index (χ0n) is 15.3. The number of ether oxygens (including phenoxy) is 1. The predicted molar refractivity (Wildman–Crippen MR) is 106 cm³/mol. The molecule has 1 aliphatic rings. The molecule has 1 aliphatic heterocycles. The fourth-order valence-electron chi connectivity index (χ4n) is 3.03. The highest BCUT2D eigenvalue weighted by molar-refractivity contribution is 7.89. The number of rotatable bonds is 6. The maximum absolute atomic E-state index is 12.9. The van der Waals surface area contributed by atoms with E-state index >= 15 is 0 Å². The minimum Gasteiger partial charge on any atom is -0.507 e. The fourth-order valence-corrected chi connectivity index (χ4v) is 4.56. The van der Waals surface area contributed by atoms with Gasteiger partial charge in [-0.1, -0.05) is 18.6 Å². The second-order valence-corrected chi connectivity index (χ2v) is 8.28. The van der Waals surface area contributed by atoms with Crippen molar-refractivity contribution >= 4 is 21.9 Å². The summed E-state index contributed by atoms with van der Waals surface area (Å²) in [6, 6.07) is 11.6. The summed E-state index contributed by atoms with van der Waals surface area (Å²) in [5.41, 5.74) is 0.961. The van der Waals surface area contributed by atoms with E-state index < -0.39 is 10.0 Å². The third kappa shape index (κ3) is 4.48. The van der Waals surface area contributed by atoms with E-state index in [0.29, 0.717) is 36.7 Å². The quantitative estimate of drug-likeness (QED) is 0.765. The van der Waals surface area contributed by atoms with Crippen molar-refractivity contribution in [3.8, 4) is 11.5 Å². The summed E-state index contributed by atoms with van der Waals surface area (Å²) in [4.78, 5) is 4.59. The number of piperidine rings is 1. The largest absolute Gasteiger partial charge is 0.507 e. The number of hydrogen-bond acceptors (Lipinski definition) is 5. The number of hydrogen-bond donors (Lipinski definition) is 1. The van der Waals surface area contributed by atoms with E-state index in [-0.39, 0.29) is 10.6 Å². The Labute approximate surface area is 160 Å². The number of phenols is 1. The van der Waals surface area contributed by atoms with E-state index in [9.17, 15) is 13.5 Å². The van der Waals surface area contributed by atoms with Gasteiger partial charge >= 0.3 is 0 Å². The van der Waals surface area contributed by atoms with Crippen LogP contribution < -0.4 is 4.74 Å². The monoisotopic (exact) mass is 388 g/mol. The molecule has 0 radical (unpaired) electrons. The Morgan fingerprint density at radius 1 is 1.15 bits per heavy atom. The molecule has 0 unspecified atom stereocenters. The SMILES string of the molecule is CCOc1ccc(S(=O)(=O)N2CCCCC2)cc1N=Cc1ccccc1O. The third-order valence-corrected chi connectivity index (χ3v) is 6.36. The van der Waals surface area contributed by atoms with Crippen LogP contribution in [0.3, 0.4) is 0 Å². The van der Waals surface area contributed by atoms with E-state index in [1.54, 1.807) is 36.4 Å². The standard InChI is InChI=1S/C20H24N2O4S/c1-2-26-20-11-10-17(27(24,25)22-12-6-3-7-13-22)14-18(20)21-15-16-8-4-5-9-19(16)23/h4-5,8-11,14-15,23H,2-3,6-7,12-13H2,1H3. The minimum absolute atomic E-state index is 0.108. The van der Waals surface area contributed by atoms with Gasteiger partial charge in [0.25, 0.3) is 0 Å². The highest BCUT2D eigenvalue weighted by Crippen LogP contribution is 2.32. The average molecular weight is 388 g/mol. The van der Waals surface area contributed by atoms with E-state index in [1.807, 2.05) is 6.92 Å². The van der Waals surface area contributed by atoms with Crippen molar-refractivity contribution in [3.63, 3.8) is 0 Å². The molecule has 27 heavy (non-hydrogen) atoms. The van der Waals surface area contributed by atoms with Crippen molar-refractivity contribution in [1.29, 1.82) is 0 Å². The number of sulfonamides is 1. The summed E-state index contributed by atoms with van der Waals surface area (Å²) in [5, 5.41) is 9.89. The molecule has 2 aromatic rings. The van der Waals surface area contributed by atoms with Gasteiger partial charge in [-0.3, -0.25) is 4.99 Å². The number of aliphatic imine (C=N–C) groups is 1. The molecule has 0 atom stereocenters. The van der Waals surface area contributed by atoms with E-state index in [2.05, 4.69) is 4.99 Å². The predicted octanol–water partition coefficient (Wildman–Crippen LogP) is 3.72. The normalized spacial score (nSPS) is 15.9. The Balaban J connectivity index is 1.96. The Bertz CT molecular complexity index is 919. The lowest BCUT2D eigenvalue weighted by molar-refractivity contribution is 0.340. The minimum atomic E-state index is -3.55. The van der Waals surface area contributed by atoms with E-state index in [4.69, 9.17) is 4.74 Å². The van der Waals surface area contributed by atoms with Gasteiger partial charge in [-0.25, -0.2) is 8.42 Å². The van der Waals surface area contributed by atoms with Crippen LogP contribution in [0.25, 0.3) is 0 Å². The Hall–Kier alpha value is -2.38. The van der Waals surface area contributed by atoms with Crippen LogP contribution in [-0.2, 0) is 10.0 Å². The van der Waals surface area contributed by atoms with Crippen LogP contribution in [0, 0.1) is 0 Å². The molecule has 2 aromatic carbocycles. The molecule has 1 heterocycles. The van der Waals surface area contributed by atoms with Crippen molar-refractivity contribution in [2.75, 3.05) is 19.7 Å². The van der Waals surface area contributed by atoms with Gasteiger partial charge in [-0.05, 0) is 50.1 Å². The first kappa shape index (κ1) is 19.4. The van der Waals surface area contributed by atoms with Crippen molar-refractivity contribution < 1.29 is 18.3 Å². The van der Waals surface area contributed by atoms with Crippen LogP contribution in [0.4, 0.5) is 5.69 Å². The lowest BCUT2D eigenvalue weighted by Crippen LogP contribution is -2.35. The maximum Gasteiger partial charge on any atom is 0.243 e. The molecule has 3 rings (SSSR count). The van der Waals surface area contributed by atoms with Gasteiger partial charge in [0.2, 0.25) is 10.0 Å². The molecule has 1 saturated heterocycles. The Kier molecular flexibility index (Phi) is 6.13. The number of benzene rings is 2. The summed E-state index contributed by atoms with van der Waals surface area (Å²) < 4.78 is 33.0. The summed E-state index contributed by atoms with van der Waals surface area (Å²) in [7, 11) is -3.55. The molecule has 0 bridgehead atoms. The number of aromatic hydroxyl groups is 1. The smallest absolute Gasteiger partial charge is 0.243 e. The first-order valence-electron chi connectivity index (χ1n) is 9.11. The average Bonchev–Trinajstić information content (AvgIpc) is 2.69. The van der Waals surface area contributed by atoms with Gasteiger partial charge < -0.3 is 9.84 Å². The Morgan fingerprint density at radius 3 is 2.59 bits per heavy atom. The molecule has 0 saturated carbocycles. The number of phenolic OH excluding ortho intramolecular Hbond substituents is 1. The molecular formula is C20H24N2O4S. The molecule has 144 valence electrons. The van der Waals surface area contributed by atoms with Crippen LogP contribution in [0.1, 0.15) is 31.7 Å². The van der Waals surface area contributed by atoms with Crippen molar-refractivity contribution in [1.82, 2.24) is 4.31 Å². The molecule has 0 aromatic heterocycles. The van der Waals surface area contributed by atoms with Crippen LogP contribution in [0.5, 0.6) is 11.5 Å². The molecule has 0 amide bonds. The summed E-state index contributed by atoms with van der Waals surface area (Å²) in [6.45, 7) is 3.39. The third-order valence-electron chi connectivity index (χ3n) is 4.46. The number of nitrogens with zero attached hydrogens (tertiary/aromatic N) is 2.